The molecule has 2 atom stereocenters. The average Bonchev–Trinajstić information content (AvgIpc) is 2.41. The van der Waals surface area contributed by atoms with Gasteiger partial charge in [-0.2, -0.15) is 13.2 Å². The minimum Gasteiger partial charge on any atom is -0.383 e. The molecule has 0 radical (unpaired) electrons. The van der Waals surface area contributed by atoms with Crippen LogP contribution >= 0.6 is 0 Å². The highest BCUT2D eigenvalue weighted by Crippen LogP contribution is 2.24. The third-order valence-electron chi connectivity index (χ3n) is 3.24. The van der Waals surface area contributed by atoms with Crippen molar-refractivity contribution in [3.63, 3.8) is 0 Å². The molecule has 0 aromatic carbocycles. The van der Waals surface area contributed by atoms with Crippen LogP contribution < -0.4 is 10.6 Å². The summed E-state index contributed by atoms with van der Waals surface area (Å²) in [4.78, 5) is 11.7. The summed E-state index contributed by atoms with van der Waals surface area (Å²) in [5, 5.41) is 5.73. The summed E-state index contributed by atoms with van der Waals surface area (Å²) < 4.78 is 46.0. The fraction of sp³-hybridized carbons (Fsp3) is 0.923. The van der Waals surface area contributed by atoms with Crippen molar-refractivity contribution in [2.24, 2.45) is 0 Å². The number of amides is 1. The van der Waals surface area contributed by atoms with E-state index in [9.17, 15) is 18.0 Å². The Kier molecular flexibility index (Phi) is 7.98. The summed E-state index contributed by atoms with van der Waals surface area (Å²) in [6, 6.07) is -0.117. The van der Waals surface area contributed by atoms with E-state index >= 15 is 0 Å². The van der Waals surface area contributed by atoms with Gasteiger partial charge in [0.05, 0.1) is 19.3 Å². The van der Waals surface area contributed by atoms with Gasteiger partial charge >= 0.3 is 6.18 Å². The highest BCUT2D eigenvalue weighted by Gasteiger charge is 2.31. The zero-order chi connectivity index (χ0) is 15.7. The van der Waals surface area contributed by atoms with Gasteiger partial charge in [0.2, 0.25) is 5.91 Å². The maximum absolute atomic E-state index is 12.1. The number of carbonyl (C=O) groups is 1. The summed E-state index contributed by atoms with van der Waals surface area (Å²) in [5.74, 6) is -0.160. The molecule has 0 spiro atoms. The number of nitrogens with one attached hydrogen (secondary N) is 2. The molecule has 1 aliphatic rings. The molecule has 0 saturated heterocycles. The van der Waals surface area contributed by atoms with Crippen LogP contribution in [0.3, 0.4) is 0 Å². The topological polar surface area (TPSA) is 59.6 Å². The molecule has 1 saturated carbocycles. The van der Waals surface area contributed by atoms with Crippen molar-refractivity contribution in [1.82, 2.24) is 10.6 Å². The van der Waals surface area contributed by atoms with E-state index in [1.807, 2.05) is 0 Å². The summed E-state index contributed by atoms with van der Waals surface area (Å²) >= 11 is 0. The lowest BCUT2D eigenvalue weighted by Crippen LogP contribution is -2.44. The molecule has 1 amide bonds. The zero-order valence-electron chi connectivity index (χ0n) is 12.2. The quantitative estimate of drug-likeness (QED) is 0.662. The van der Waals surface area contributed by atoms with Gasteiger partial charge in [-0.3, -0.25) is 4.79 Å². The lowest BCUT2D eigenvalue weighted by atomic mass is 9.93. The number of rotatable bonds is 8. The Morgan fingerprint density at radius 2 is 2.10 bits per heavy atom. The largest absolute Gasteiger partial charge is 0.411 e. The normalized spacial score (nSPS) is 23.0. The summed E-state index contributed by atoms with van der Waals surface area (Å²) in [7, 11) is 1.57. The number of carbonyl (C=O) groups excluding carboxylic acids is 1. The molecule has 1 aliphatic carbocycles. The third-order valence-corrected chi connectivity index (χ3v) is 3.24. The van der Waals surface area contributed by atoms with Crippen LogP contribution in [0.15, 0.2) is 0 Å². The number of ether oxygens (including phenoxy) is 2. The summed E-state index contributed by atoms with van der Waals surface area (Å²) in [5.41, 5.74) is 0. The zero-order valence-corrected chi connectivity index (χ0v) is 12.2. The second-order valence-electron chi connectivity index (χ2n) is 5.15. The molecule has 124 valence electrons. The van der Waals surface area contributed by atoms with E-state index in [0.717, 1.165) is 12.8 Å². The SMILES string of the molecule is COCCNCC(=O)NC1CCCC(OCC(F)(F)F)C1. The highest BCUT2D eigenvalue weighted by atomic mass is 19.4. The van der Waals surface area contributed by atoms with Crippen molar-refractivity contribution >= 4 is 5.91 Å². The van der Waals surface area contributed by atoms with Gasteiger partial charge in [0.1, 0.15) is 6.61 Å². The molecule has 0 aromatic rings. The van der Waals surface area contributed by atoms with E-state index in [4.69, 9.17) is 9.47 Å². The van der Waals surface area contributed by atoms with Gasteiger partial charge in [-0.25, -0.2) is 0 Å². The van der Waals surface area contributed by atoms with Crippen LogP contribution in [-0.2, 0) is 14.3 Å². The molecule has 21 heavy (non-hydrogen) atoms. The van der Waals surface area contributed by atoms with E-state index in [1.54, 1.807) is 7.11 Å². The van der Waals surface area contributed by atoms with Crippen molar-refractivity contribution in [1.29, 1.82) is 0 Å². The van der Waals surface area contributed by atoms with Gasteiger partial charge in [0.25, 0.3) is 0 Å². The van der Waals surface area contributed by atoms with Crippen LogP contribution in [0.4, 0.5) is 13.2 Å². The molecule has 0 heterocycles. The molecule has 5 nitrogen and oxygen atoms in total. The smallest absolute Gasteiger partial charge is 0.383 e. The maximum atomic E-state index is 12.1. The van der Waals surface area contributed by atoms with Gasteiger partial charge < -0.3 is 20.1 Å². The Bertz CT molecular complexity index is 314. The molecular weight excluding hydrogens is 289 g/mol. The van der Waals surface area contributed by atoms with E-state index in [2.05, 4.69) is 10.6 Å². The number of alkyl halides is 3. The van der Waals surface area contributed by atoms with Crippen LogP contribution in [0.5, 0.6) is 0 Å². The Morgan fingerprint density at radius 3 is 2.76 bits per heavy atom. The van der Waals surface area contributed by atoms with E-state index in [1.165, 1.54) is 0 Å². The fourth-order valence-electron chi connectivity index (χ4n) is 2.29. The standard InChI is InChI=1S/C13H23F3N2O3/c1-20-6-5-17-8-12(19)18-10-3-2-4-11(7-10)21-9-13(14,15)16/h10-11,17H,2-9H2,1H3,(H,18,19). The van der Waals surface area contributed by atoms with E-state index < -0.39 is 18.9 Å². The monoisotopic (exact) mass is 312 g/mol. The molecule has 2 unspecified atom stereocenters. The van der Waals surface area contributed by atoms with Crippen LogP contribution in [0, 0.1) is 0 Å². The number of hydrogen-bond acceptors (Lipinski definition) is 4. The van der Waals surface area contributed by atoms with Crippen LogP contribution in [0.2, 0.25) is 0 Å². The van der Waals surface area contributed by atoms with Crippen molar-refractivity contribution in [3.05, 3.63) is 0 Å². The van der Waals surface area contributed by atoms with E-state index in [0.29, 0.717) is 26.0 Å². The second kappa shape index (κ2) is 9.22. The fourth-order valence-corrected chi connectivity index (χ4v) is 2.29. The molecular formula is C13H23F3N2O3. The van der Waals surface area contributed by atoms with Gasteiger partial charge in [0.15, 0.2) is 0 Å². The predicted octanol–water partition coefficient (Wildman–Crippen LogP) is 1.23. The van der Waals surface area contributed by atoms with Gasteiger partial charge in [0, 0.05) is 19.7 Å². The van der Waals surface area contributed by atoms with Gasteiger partial charge in [-0.1, -0.05) is 0 Å². The first kappa shape index (κ1) is 18.2. The van der Waals surface area contributed by atoms with Crippen molar-refractivity contribution in [2.75, 3.05) is 33.4 Å². The average molecular weight is 312 g/mol. The van der Waals surface area contributed by atoms with Crippen molar-refractivity contribution < 1.29 is 27.4 Å². The van der Waals surface area contributed by atoms with Gasteiger partial charge in [-0.05, 0) is 25.7 Å². The second-order valence-corrected chi connectivity index (χ2v) is 5.15. The van der Waals surface area contributed by atoms with Crippen molar-refractivity contribution in [2.45, 2.75) is 44.0 Å². The lowest BCUT2D eigenvalue weighted by Gasteiger charge is -2.30. The Morgan fingerprint density at radius 1 is 1.33 bits per heavy atom. The molecule has 1 rings (SSSR count). The Labute approximate surface area is 122 Å². The molecule has 0 aromatic heterocycles. The molecule has 2 N–H and O–H groups in total. The first-order valence-electron chi connectivity index (χ1n) is 7.08. The third kappa shape index (κ3) is 8.90. The highest BCUT2D eigenvalue weighted by molar-refractivity contribution is 5.78. The number of halogens is 3. The molecule has 0 aliphatic heterocycles. The van der Waals surface area contributed by atoms with Gasteiger partial charge in [-0.15, -0.1) is 0 Å². The summed E-state index contributed by atoms with van der Waals surface area (Å²) in [6.45, 7) is 0.0425. The molecule has 8 heteroatoms. The molecule has 1 fully saturated rings. The van der Waals surface area contributed by atoms with E-state index in [-0.39, 0.29) is 18.5 Å². The van der Waals surface area contributed by atoms with Crippen LogP contribution in [0.1, 0.15) is 25.7 Å². The maximum Gasteiger partial charge on any atom is 0.411 e. The van der Waals surface area contributed by atoms with Crippen LogP contribution in [-0.4, -0.2) is 57.6 Å². The molecule has 0 bridgehead atoms. The van der Waals surface area contributed by atoms with Crippen LogP contribution in [0.25, 0.3) is 0 Å². The summed E-state index contributed by atoms with van der Waals surface area (Å²) in [6.07, 6.45) is -2.18. The number of hydrogen-bond donors (Lipinski definition) is 2. The predicted molar refractivity (Wildman–Crippen MR) is 70.9 cm³/mol. The Balaban J connectivity index is 2.21. The Hall–Kier alpha value is -0.860. The first-order chi connectivity index (χ1) is 9.90. The minimum absolute atomic E-state index is 0.117. The van der Waals surface area contributed by atoms with Crippen molar-refractivity contribution in [3.8, 4) is 0 Å². The minimum atomic E-state index is -4.30. The number of methoxy groups -OCH3 is 1. The lowest BCUT2D eigenvalue weighted by molar-refractivity contribution is -0.188. The first-order valence-corrected chi connectivity index (χ1v) is 7.08.